The highest BCUT2D eigenvalue weighted by Crippen LogP contribution is 2.15. The summed E-state index contributed by atoms with van der Waals surface area (Å²) in [7, 11) is 0. The van der Waals surface area contributed by atoms with Crippen LogP contribution in [0.3, 0.4) is 0 Å². The van der Waals surface area contributed by atoms with Gasteiger partial charge in [0.2, 0.25) is 0 Å². The number of aromatic nitrogens is 3. The van der Waals surface area contributed by atoms with Crippen molar-refractivity contribution in [2.24, 2.45) is 5.73 Å². The van der Waals surface area contributed by atoms with Crippen LogP contribution in [-0.2, 0) is 0 Å². The van der Waals surface area contributed by atoms with E-state index in [1.54, 1.807) is 0 Å². The molecule has 15 heavy (non-hydrogen) atoms. The molecule has 0 fully saturated rings. The predicted molar refractivity (Wildman–Crippen MR) is 59.8 cm³/mol. The molecule has 0 saturated heterocycles. The summed E-state index contributed by atoms with van der Waals surface area (Å²) in [6, 6.07) is 5.98. The average molecular weight is 204 g/mol. The first-order valence-corrected chi connectivity index (χ1v) is 5.28. The van der Waals surface area contributed by atoms with Crippen LogP contribution in [0.15, 0.2) is 18.2 Å². The first-order valence-electron chi connectivity index (χ1n) is 5.28. The van der Waals surface area contributed by atoms with E-state index in [0.29, 0.717) is 6.54 Å². The molecule has 1 unspecified atom stereocenters. The number of fused-ring (bicyclic) bond motifs is 1. The quantitative estimate of drug-likeness (QED) is 0.824. The number of rotatable bonds is 3. The molecule has 1 atom stereocenters. The Bertz CT molecular complexity index is 457. The molecule has 0 aromatic carbocycles. The highest BCUT2D eigenvalue weighted by atomic mass is 15.3. The number of aryl methyl sites for hydroxylation is 1. The second kappa shape index (κ2) is 3.98. The molecule has 2 heterocycles. The van der Waals surface area contributed by atoms with Gasteiger partial charge in [0, 0.05) is 18.2 Å². The Morgan fingerprint density at radius 1 is 1.47 bits per heavy atom. The molecule has 4 nitrogen and oxygen atoms in total. The summed E-state index contributed by atoms with van der Waals surface area (Å²) in [5.74, 6) is 1.12. The summed E-state index contributed by atoms with van der Waals surface area (Å²) < 4.78 is 1.87. The first-order chi connectivity index (χ1) is 7.26. The van der Waals surface area contributed by atoms with Crippen molar-refractivity contribution in [2.45, 2.75) is 26.2 Å². The number of nitrogens with zero attached hydrogens (tertiary/aromatic N) is 3. The molecule has 0 radical (unpaired) electrons. The number of hydrogen-bond donors (Lipinski definition) is 1. The van der Waals surface area contributed by atoms with E-state index in [1.165, 1.54) is 0 Å². The van der Waals surface area contributed by atoms with Gasteiger partial charge in [0.1, 0.15) is 0 Å². The molecule has 4 heteroatoms. The van der Waals surface area contributed by atoms with Gasteiger partial charge in [-0.25, -0.2) is 9.50 Å². The van der Waals surface area contributed by atoms with E-state index in [-0.39, 0.29) is 5.92 Å². The van der Waals surface area contributed by atoms with Gasteiger partial charge in [-0.15, -0.1) is 0 Å². The van der Waals surface area contributed by atoms with E-state index in [0.717, 1.165) is 23.6 Å². The lowest BCUT2D eigenvalue weighted by molar-refractivity contribution is 0.628. The third-order valence-electron chi connectivity index (χ3n) is 2.71. The number of hydrogen-bond acceptors (Lipinski definition) is 3. The summed E-state index contributed by atoms with van der Waals surface area (Å²) in [5.41, 5.74) is 7.68. The van der Waals surface area contributed by atoms with Crippen molar-refractivity contribution < 1.29 is 0 Å². The Morgan fingerprint density at radius 3 is 2.87 bits per heavy atom. The summed E-state index contributed by atoms with van der Waals surface area (Å²) in [5, 5.41) is 4.48. The highest BCUT2D eigenvalue weighted by molar-refractivity contribution is 5.38. The zero-order valence-corrected chi connectivity index (χ0v) is 9.14. The third kappa shape index (κ3) is 1.72. The smallest absolute Gasteiger partial charge is 0.156 e. The van der Waals surface area contributed by atoms with Gasteiger partial charge in [-0.2, -0.15) is 5.10 Å². The lowest BCUT2D eigenvalue weighted by Gasteiger charge is -2.05. The molecule has 0 spiro atoms. The van der Waals surface area contributed by atoms with E-state index < -0.39 is 0 Å². The highest BCUT2D eigenvalue weighted by Gasteiger charge is 2.13. The fourth-order valence-corrected chi connectivity index (χ4v) is 1.68. The minimum atomic E-state index is 0.268. The van der Waals surface area contributed by atoms with Crippen molar-refractivity contribution in [2.75, 3.05) is 6.54 Å². The Labute approximate surface area is 89.1 Å². The van der Waals surface area contributed by atoms with Crippen LogP contribution in [0.5, 0.6) is 0 Å². The average Bonchev–Trinajstić information content (AvgIpc) is 2.65. The molecule has 80 valence electrons. The standard InChI is InChI=1S/C11H16N4/c1-3-9(7-12)11-13-10-6-4-5-8(2)15(10)14-11/h4-6,9H,3,7,12H2,1-2H3. The zero-order chi connectivity index (χ0) is 10.8. The largest absolute Gasteiger partial charge is 0.330 e. The van der Waals surface area contributed by atoms with Crippen LogP contribution < -0.4 is 5.73 Å². The topological polar surface area (TPSA) is 56.2 Å². The lowest BCUT2D eigenvalue weighted by atomic mass is 10.1. The van der Waals surface area contributed by atoms with Crippen LogP contribution in [0.4, 0.5) is 0 Å². The summed E-state index contributed by atoms with van der Waals surface area (Å²) in [6.45, 7) is 4.73. The van der Waals surface area contributed by atoms with E-state index in [9.17, 15) is 0 Å². The fourth-order valence-electron chi connectivity index (χ4n) is 1.68. The second-order valence-corrected chi connectivity index (χ2v) is 3.75. The van der Waals surface area contributed by atoms with Gasteiger partial charge >= 0.3 is 0 Å². The molecule has 0 aliphatic rings. The van der Waals surface area contributed by atoms with Gasteiger partial charge < -0.3 is 5.73 Å². The van der Waals surface area contributed by atoms with E-state index >= 15 is 0 Å². The molecule has 2 N–H and O–H groups in total. The summed E-state index contributed by atoms with van der Waals surface area (Å²) in [4.78, 5) is 4.49. The Morgan fingerprint density at radius 2 is 2.27 bits per heavy atom. The normalized spacial score (nSPS) is 13.3. The molecule has 0 bridgehead atoms. The minimum absolute atomic E-state index is 0.268. The van der Waals surface area contributed by atoms with Crippen LogP contribution in [-0.4, -0.2) is 21.1 Å². The van der Waals surface area contributed by atoms with Crippen LogP contribution in [0.1, 0.15) is 30.8 Å². The molecule has 2 aromatic rings. The zero-order valence-electron chi connectivity index (χ0n) is 9.14. The van der Waals surface area contributed by atoms with Gasteiger partial charge in [0.25, 0.3) is 0 Å². The lowest BCUT2D eigenvalue weighted by Crippen LogP contribution is -2.13. The van der Waals surface area contributed by atoms with Gasteiger partial charge in [-0.1, -0.05) is 13.0 Å². The molecular weight excluding hydrogens is 188 g/mol. The van der Waals surface area contributed by atoms with Gasteiger partial charge in [0.15, 0.2) is 11.5 Å². The maximum Gasteiger partial charge on any atom is 0.156 e. The van der Waals surface area contributed by atoms with Gasteiger partial charge in [-0.05, 0) is 25.5 Å². The monoisotopic (exact) mass is 204 g/mol. The maximum absolute atomic E-state index is 5.69. The maximum atomic E-state index is 5.69. The molecular formula is C11H16N4. The van der Waals surface area contributed by atoms with Gasteiger partial charge in [0.05, 0.1) is 0 Å². The predicted octanol–water partition coefficient (Wildman–Crippen LogP) is 1.49. The van der Waals surface area contributed by atoms with Crippen LogP contribution in [0.25, 0.3) is 5.65 Å². The van der Waals surface area contributed by atoms with Crippen molar-refractivity contribution in [1.82, 2.24) is 14.6 Å². The Kier molecular flexibility index (Phi) is 2.68. The Balaban J connectivity index is 2.51. The summed E-state index contributed by atoms with van der Waals surface area (Å²) >= 11 is 0. The van der Waals surface area contributed by atoms with Crippen LogP contribution >= 0.6 is 0 Å². The van der Waals surface area contributed by atoms with Crippen LogP contribution in [0.2, 0.25) is 0 Å². The van der Waals surface area contributed by atoms with Crippen molar-refractivity contribution in [1.29, 1.82) is 0 Å². The number of pyridine rings is 1. The van der Waals surface area contributed by atoms with Crippen molar-refractivity contribution in [3.05, 3.63) is 29.7 Å². The molecule has 0 saturated carbocycles. The molecule has 0 amide bonds. The van der Waals surface area contributed by atoms with Crippen LogP contribution in [0, 0.1) is 6.92 Å². The van der Waals surface area contributed by atoms with Crippen molar-refractivity contribution >= 4 is 5.65 Å². The van der Waals surface area contributed by atoms with E-state index in [4.69, 9.17) is 5.73 Å². The number of nitrogens with two attached hydrogens (primary N) is 1. The Hall–Kier alpha value is -1.42. The third-order valence-corrected chi connectivity index (χ3v) is 2.71. The fraction of sp³-hybridized carbons (Fsp3) is 0.455. The van der Waals surface area contributed by atoms with E-state index in [2.05, 4.69) is 17.0 Å². The summed E-state index contributed by atoms with van der Waals surface area (Å²) in [6.07, 6.45) is 0.979. The minimum Gasteiger partial charge on any atom is -0.330 e. The van der Waals surface area contributed by atoms with Crippen molar-refractivity contribution in [3.8, 4) is 0 Å². The van der Waals surface area contributed by atoms with Crippen molar-refractivity contribution in [3.63, 3.8) is 0 Å². The SMILES string of the molecule is CCC(CN)c1nc2cccc(C)n2n1. The van der Waals surface area contributed by atoms with E-state index in [1.807, 2.05) is 29.6 Å². The first kappa shape index (κ1) is 10.1. The molecule has 0 aliphatic carbocycles. The van der Waals surface area contributed by atoms with Gasteiger partial charge in [-0.3, -0.25) is 0 Å². The molecule has 2 aromatic heterocycles. The molecule has 0 aliphatic heterocycles. The second-order valence-electron chi connectivity index (χ2n) is 3.75. The molecule has 2 rings (SSSR count).